The molecule has 2 atom stereocenters. The molecular formula is C12H22BrNO3. The SMILES string of the molecule is CC(C)CC(Br)C(=O)N[C@H](CC(C)C)C(=O)O. The number of carboxylic acid groups (broad SMARTS) is 1. The van der Waals surface area contributed by atoms with Crippen molar-refractivity contribution < 1.29 is 14.7 Å². The summed E-state index contributed by atoms with van der Waals surface area (Å²) in [6.45, 7) is 7.90. The maximum absolute atomic E-state index is 11.8. The minimum atomic E-state index is -0.976. The molecular weight excluding hydrogens is 286 g/mol. The van der Waals surface area contributed by atoms with E-state index in [1.807, 2.05) is 27.7 Å². The summed E-state index contributed by atoms with van der Waals surface area (Å²) in [5.74, 6) is -0.600. The Kier molecular flexibility index (Phi) is 7.43. The number of carbonyl (C=O) groups is 2. The van der Waals surface area contributed by atoms with Crippen LogP contribution in [0.15, 0.2) is 0 Å². The summed E-state index contributed by atoms with van der Waals surface area (Å²) in [6.07, 6.45) is 1.14. The number of aliphatic carboxylic acids is 1. The molecule has 0 aliphatic heterocycles. The number of hydrogen-bond donors (Lipinski definition) is 2. The van der Waals surface area contributed by atoms with Crippen molar-refractivity contribution >= 4 is 27.8 Å². The van der Waals surface area contributed by atoms with E-state index >= 15 is 0 Å². The van der Waals surface area contributed by atoms with Crippen molar-refractivity contribution in [3.63, 3.8) is 0 Å². The first kappa shape index (κ1) is 16.4. The quantitative estimate of drug-likeness (QED) is 0.710. The van der Waals surface area contributed by atoms with E-state index < -0.39 is 12.0 Å². The van der Waals surface area contributed by atoms with Crippen LogP contribution in [0.1, 0.15) is 40.5 Å². The summed E-state index contributed by atoms with van der Waals surface area (Å²) in [7, 11) is 0. The van der Waals surface area contributed by atoms with Crippen LogP contribution in [0.25, 0.3) is 0 Å². The molecule has 0 saturated carbocycles. The van der Waals surface area contributed by atoms with Crippen LogP contribution in [-0.4, -0.2) is 27.9 Å². The molecule has 0 aromatic carbocycles. The van der Waals surface area contributed by atoms with Crippen molar-refractivity contribution in [3.05, 3.63) is 0 Å². The van der Waals surface area contributed by atoms with Gasteiger partial charge in [-0.05, 0) is 24.7 Å². The molecule has 0 spiro atoms. The third-order valence-corrected chi connectivity index (χ3v) is 3.07. The summed E-state index contributed by atoms with van der Waals surface area (Å²) < 4.78 is 0. The van der Waals surface area contributed by atoms with E-state index in [4.69, 9.17) is 5.11 Å². The lowest BCUT2D eigenvalue weighted by Gasteiger charge is -2.19. The van der Waals surface area contributed by atoms with Gasteiger partial charge in [0, 0.05) is 0 Å². The van der Waals surface area contributed by atoms with Gasteiger partial charge in [-0.3, -0.25) is 4.79 Å². The molecule has 1 unspecified atom stereocenters. The number of carboxylic acids is 1. The lowest BCUT2D eigenvalue weighted by Crippen LogP contribution is -2.44. The Morgan fingerprint density at radius 1 is 1.12 bits per heavy atom. The molecule has 0 aliphatic rings. The summed E-state index contributed by atoms with van der Waals surface area (Å²) in [5, 5.41) is 11.6. The van der Waals surface area contributed by atoms with E-state index in [9.17, 15) is 9.59 Å². The van der Waals surface area contributed by atoms with Crippen LogP contribution >= 0.6 is 15.9 Å². The second-order valence-corrected chi connectivity index (χ2v) is 6.23. The second-order valence-electron chi connectivity index (χ2n) is 5.13. The molecule has 0 bridgehead atoms. The Morgan fingerprint density at radius 3 is 1.94 bits per heavy atom. The van der Waals surface area contributed by atoms with E-state index in [-0.39, 0.29) is 16.7 Å². The molecule has 1 amide bonds. The van der Waals surface area contributed by atoms with Gasteiger partial charge in [-0.15, -0.1) is 0 Å². The minimum Gasteiger partial charge on any atom is -0.480 e. The predicted molar refractivity (Wildman–Crippen MR) is 71.2 cm³/mol. The molecule has 0 fully saturated rings. The van der Waals surface area contributed by atoms with Gasteiger partial charge in [0.25, 0.3) is 0 Å². The van der Waals surface area contributed by atoms with Gasteiger partial charge in [0.1, 0.15) is 6.04 Å². The van der Waals surface area contributed by atoms with Crippen LogP contribution in [0.3, 0.4) is 0 Å². The number of rotatable bonds is 7. The third-order valence-electron chi connectivity index (χ3n) is 2.28. The zero-order valence-corrected chi connectivity index (χ0v) is 12.5. The number of halogens is 1. The average Bonchev–Trinajstić information content (AvgIpc) is 2.14. The van der Waals surface area contributed by atoms with Gasteiger partial charge in [-0.1, -0.05) is 43.6 Å². The van der Waals surface area contributed by atoms with Crippen molar-refractivity contribution in [2.45, 2.75) is 51.4 Å². The van der Waals surface area contributed by atoms with Crippen molar-refractivity contribution in [2.75, 3.05) is 0 Å². The summed E-state index contributed by atoms with van der Waals surface area (Å²) in [4.78, 5) is 22.4. The van der Waals surface area contributed by atoms with Gasteiger partial charge in [0.15, 0.2) is 0 Å². The molecule has 4 nitrogen and oxygen atoms in total. The number of alkyl halides is 1. The average molecular weight is 308 g/mol. The van der Waals surface area contributed by atoms with Gasteiger partial charge in [-0.25, -0.2) is 4.79 Å². The number of hydrogen-bond acceptors (Lipinski definition) is 2. The van der Waals surface area contributed by atoms with Crippen molar-refractivity contribution in [2.24, 2.45) is 11.8 Å². The highest BCUT2D eigenvalue weighted by molar-refractivity contribution is 9.10. The molecule has 0 radical (unpaired) electrons. The Labute approximate surface area is 111 Å². The van der Waals surface area contributed by atoms with Gasteiger partial charge in [-0.2, -0.15) is 0 Å². The zero-order valence-electron chi connectivity index (χ0n) is 10.9. The van der Waals surface area contributed by atoms with Gasteiger partial charge < -0.3 is 10.4 Å². The van der Waals surface area contributed by atoms with E-state index in [2.05, 4.69) is 21.2 Å². The minimum absolute atomic E-state index is 0.232. The van der Waals surface area contributed by atoms with Gasteiger partial charge >= 0.3 is 5.97 Å². The Hall–Kier alpha value is -0.580. The highest BCUT2D eigenvalue weighted by atomic mass is 79.9. The monoisotopic (exact) mass is 307 g/mol. The van der Waals surface area contributed by atoms with E-state index in [1.165, 1.54) is 0 Å². The topological polar surface area (TPSA) is 66.4 Å². The van der Waals surface area contributed by atoms with Crippen LogP contribution in [0.4, 0.5) is 0 Å². The lowest BCUT2D eigenvalue weighted by molar-refractivity contribution is -0.142. The lowest BCUT2D eigenvalue weighted by atomic mass is 10.0. The predicted octanol–water partition coefficient (Wildman–Crippen LogP) is 2.41. The molecule has 2 N–H and O–H groups in total. The van der Waals surface area contributed by atoms with Gasteiger partial charge in [0.2, 0.25) is 5.91 Å². The maximum Gasteiger partial charge on any atom is 0.326 e. The molecule has 0 aromatic heterocycles. The Bertz CT molecular complexity index is 266. The molecule has 0 aliphatic carbocycles. The van der Waals surface area contributed by atoms with Crippen molar-refractivity contribution in [1.29, 1.82) is 0 Å². The first-order chi connectivity index (χ1) is 7.73. The molecule has 100 valence electrons. The fourth-order valence-corrected chi connectivity index (χ4v) is 2.36. The van der Waals surface area contributed by atoms with E-state index in [1.54, 1.807) is 0 Å². The number of carbonyl (C=O) groups excluding carboxylic acids is 1. The highest BCUT2D eigenvalue weighted by Gasteiger charge is 2.24. The summed E-state index contributed by atoms with van der Waals surface area (Å²) in [6, 6.07) is -0.797. The van der Waals surface area contributed by atoms with Gasteiger partial charge in [0.05, 0.1) is 4.83 Å². The Morgan fingerprint density at radius 2 is 1.59 bits per heavy atom. The highest BCUT2D eigenvalue weighted by Crippen LogP contribution is 2.14. The van der Waals surface area contributed by atoms with E-state index in [0.29, 0.717) is 18.8 Å². The molecule has 0 aromatic rings. The summed E-state index contributed by atoms with van der Waals surface area (Å²) >= 11 is 3.28. The van der Waals surface area contributed by atoms with E-state index in [0.717, 1.165) is 0 Å². The van der Waals surface area contributed by atoms with Crippen molar-refractivity contribution in [3.8, 4) is 0 Å². The molecule has 0 heterocycles. The summed E-state index contributed by atoms with van der Waals surface area (Å²) in [5.41, 5.74) is 0. The first-order valence-electron chi connectivity index (χ1n) is 5.91. The molecule has 0 rings (SSSR count). The van der Waals surface area contributed by atoms with Crippen LogP contribution < -0.4 is 5.32 Å². The zero-order chi connectivity index (χ0) is 13.6. The number of amides is 1. The Balaban J connectivity index is 4.35. The molecule has 17 heavy (non-hydrogen) atoms. The van der Waals surface area contributed by atoms with Crippen LogP contribution in [0, 0.1) is 11.8 Å². The fraction of sp³-hybridized carbons (Fsp3) is 0.833. The van der Waals surface area contributed by atoms with Crippen molar-refractivity contribution in [1.82, 2.24) is 5.32 Å². The smallest absolute Gasteiger partial charge is 0.326 e. The maximum atomic E-state index is 11.8. The normalized spacial score (nSPS) is 14.8. The standard InChI is InChI=1S/C12H22BrNO3/c1-7(2)5-9(13)11(15)14-10(12(16)17)6-8(3)4/h7-10H,5-6H2,1-4H3,(H,14,15)(H,16,17)/t9?,10-/m1/s1. The van der Waals surface area contributed by atoms with Crippen LogP contribution in [0.2, 0.25) is 0 Å². The first-order valence-corrected chi connectivity index (χ1v) is 6.82. The third kappa shape index (κ3) is 7.36. The second kappa shape index (κ2) is 7.69. The van der Waals surface area contributed by atoms with Crippen LogP contribution in [-0.2, 0) is 9.59 Å². The van der Waals surface area contributed by atoms with Crippen LogP contribution in [0.5, 0.6) is 0 Å². The fourth-order valence-electron chi connectivity index (χ4n) is 1.48. The molecule has 0 saturated heterocycles. The molecule has 5 heteroatoms. The largest absolute Gasteiger partial charge is 0.480 e. The number of nitrogens with one attached hydrogen (secondary N) is 1.